The Bertz CT molecular complexity index is 1790. The van der Waals surface area contributed by atoms with Crippen molar-refractivity contribution in [3.05, 3.63) is 82.4 Å². The van der Waals surface area contributed by atoms with Crippen LogP contribution in [0.2, 0.25) is 0 Å². The summed E-state index contributed by atoms with van der Waals surface area (Å²) in [7, 11) is 0. The number of fused-ring (bicyclic) bond motifs is 4. The van der Waals surface area contributed by atoms with Gasteiger partial charge in [0, 0.05) is 35.0 Å². The van der Waals surface area contributed by atoms with Crippen molar-refractivity contribution < 1.29 is 23.5 Å². The number of benzene rings is 2. The molecule has 6 rings (SSSR count). The van der Waals surface area contributed by atoms with Crippen LogP contribution in [0.4, 0.5) is 10.1 Å². The molecule has 1 aliphatic rings. The third-order valence-corrected chi connectivity index (χ3v) is 5.94. The molecule has 0 atom stereocenters. The number of hydrogen-bond donors (Lipinski definition) is 3. The molecule has 4 heterocycles. The van der Waals surface area contributed by atoms with Crippen LogP contribution >= 0.6 is 0 Å². The number of hydrogen-bond acceptors (Lipinski definition) is 5. The number of carboxylic acid groups (broad SMARTS) is 1. The van der Waals surface area contributed by atoms with Crippen LogP contribution in [0, 0.1) is 5.82 Å². The minimum absolute atomic E-state index is 0.0849. The number of aromatic amines is 1. The molecule has 172 valence electrons. The van der Waals surface area contributed by atoms with Gasteiger partial charge in [0.05, 0.1) is 34.1 Å². The van der Waals surface area contributed by atoms with E-state index in [9.17, 15) is 19.5 Å². The second-order valence-electron chi connectivity index (χ2n) is 7.98. The van der Waals surface area contributed by atoms with Gasteiger partial charge >= 0.3 is 5.97 Å². The molecule has 0 aliphatic carbocycles. The Morgan fingerprint density at radius 1 is 1.17 bits per heavy atom. The summed E-state index contributed by atoms with van der Waals surface area (Å²) in [5.41, 5.74) is 0.625. The molecular formula is C25H15FN4O5. The number of carbonyl (C=O) groups excluding carboxylic acids is 1. The second-order valence-corrected chi connectivity index (χ2v) is 7.98. The molecule has 0 bridgehead atoms. The fraction of sp³-hybridized carbons (Fsp3) is 0.0400. The van der Waals surface area contributed by atoms with E-state index in [2.05, 4.69) is 15.3 Å². The number of rotatable bonds is 3. The van der Waals surface area contributed by atoms with Gasteiger partial charge in [-0.3, -0.25) is 19.1 Å². The summed E-state index contributed by atoms with van der Waals surface area (Å²) in [6.45, 7) is -0.115. The number of H-pyrrole nitrogens is 1. The number of halogens is 1. The topological polar surface area (TPSA) is 130 Å². The third-order valence-electron chi connectivity index (χ3n) is 5.94. The molecule has 0 radical (unpaired) electrons. The van der Waals surface area contributed by atoms with Gasteiger partial charge in [-0.05, 0) is 36.4 Å². The molecule has 0 fully saturated rings. The van der Waals surface area contributed by atoms with Crippen molar-refractivity contribution >= 4 is 45.7 Å². The van der Waals surface area contributed by atoms with Crippen molar-refractivity contribution in [1.82, 2.24) is 9.55 Å². The van der Waals surface area contributed by atoms with Crippen molar-refractivity contribution in [3.63, 3.8) is 0 Å². The Morgan fingerprint density at radius 2 is 2.03 bits per heavy atom. The molecular weight excluding hydrogens is 455 g/mol. The van der Waals surface area contributed by atoms with E-state index in [0.717, 1.165) is 6.07 Å². The van der Waals surface area contributed by atoms with E-state index in [-0.39, 0.29) is 34.7 Å². The van der Waals surface area contributed by atoms with Crippen molar-refractivity contribution in [2.45, 2.75) is 0 Å². The summed E-state index contributed by atoms with van der Waals surface area (Å²) in [6, 6.07) is 10.7. The zero-order valence-corrected chi connectivity index (χ0v) is 17.8. The average Bonchev–Trinajstić information content (AvgIpc) is 3.38. The number of furan rings is 1. The Morgan fingerprint density at radius 3 is 2.83 bits per heavy atom. The van der Waals surface area contributed by atoms with Crippen molar-refractivity contribution in [2.24, 2.45) is 4.99 Å². The minimum Gasteiger partial charge on any atom is -0.477 e. The molecule has 2 aromatic carbocycles. The largest absolute Gasteiger partial charge is 0.477 e. The number of aromatic carboxylic acids is 1. The molecule has 5 aromatic rings. The fourth-order valence-corrected chi connectivity index (χ4v) is 4.52. The summed E-state index contributed by atoms with van der Waals surface area (Å²) >= 11 is 0. The lowest BCUT2D eigenvalue weighted by molar-refractivity contribution is -0.114. The molecule has 10 heteroatoms. The van der Waals surface area contributed by atoms with Gasteiger partial charge in [-0.1, -0.05) is 0 Å². The maximum absolute atomic E-state index is 15.5. The second kappa shape index (κ2) is 7.52. The van der Waals surface area contributed by atoms with Gasteiger partial charge in [0.25, 0.3) is 5.56 Å². The first-order valence-electron chi connectivity index (χ1n) is 10.5. The van der Waals surface area contributed by atoms with Gasteiger partial charge in [0.15, 0.2) is 0 Å². The van der Waals surface area contributed by atoms with E-state index >= 15 is 4.39 Å². The lowest BCUT2D eigenvalue weighted by Crippen LogP contribution is -2.15. The lowest BCUT2D eigenvalue weighted by Gasteiger charge is -2.14. The number of aliphatic imine (C=N–C) groups is 1. The molecule has 3 aromatic heterocycles. The quantitative estimate of drug-likeness (QED) is 0.368. The molecule has 3 N–H and O–H groups in total. The van der Waals surface area contributed by atoms with Crippen LogP contribution in [-0.2, 0) is 4.79 Å². The van der Waals surface area contributed by atoms with Gasteiger partial charge in [0.2, 0.25) is 5.91 Å². The SMILES string of the molecule is O=C1CN=Cc2cc(-n3c(C(=O)O)c(-c4ccc[nH]c4=O)c4c5occc5ccc43)c(F)cc2N1. The highest BCUT2D eigenvalue weighted by Gasteiger charge is 2.30. The van der Waals surface area contributed by atoms with Gasteiger partial charge in [0.1, 0.15) is 23.6 Å². The number of nitrogens with one attached hydrogen (secondary N) is 2. The number of aromatic nitrogens is 2. The number of pyridine rings is 1. The maximum atomic E-state index is 15.5. The van der Waals surface area contributed by atoms with Crippen molar-refractivity contribution in [3.8, 4) is 16.8 Å². The third kappa shape index (κ3) is 3.07. The number of anilines is 1. The molecule has 0 unspecified atom stereocenters. The zero-order valence-electron chi connectivity index (χ0n) is 17.8. The van der Waals surface area contributed by atoms with Crippen LogP contribution in [0.5, 0.6) is 0 Å². The van der Waals surface area contributed by atoms with E-state index in [1.807, 2.05) is 0 Å². The maximum Gasteiger partial charge on any atom is 0.353 e. The standard InChI is InChI=1S/C25H15FN4O5/c26-15-9-16-13(10-27-11-19(31)29-16)8-18(15)30-17-4-3-12-5-7-35-23(12)21(17)20(22(30)25(33)34)14-2-1-6-28-24(14)32/h1-10H,11H2,(H,28,32)(H,29,31)(H,33,34). The average molecular weight is 470 g/mol. The summed E-state index contributed by atoms with van der Waals surface area (Å²) < 4.78 is 22.5. The highest BCUT2D eigenvalue weighted by molar-refractivity contribution is 6.17. The lowest BCUT2D eigenvalue weighted by atomic mass is 10.0. The molecule has 9 nitrogen and oxygen atoms in total. The van der Waals surface area contributed by atoms with Crippen molar-refractivity contribution in [2.75, 3.05) is 11.9 Å². The summed E-state index contributed by atoms with van der Waals surface area (Å²) in [5.74, 6) is -2.53. The van der Waals surface area contributed by atoms with Crippen molar-refractivity contribution in [1.29, 1.82) is 0 Å². The Kier molecular flexibility index (Phi) is 4.43. The number of amides is 1. The molecule has 1 aliphatic heterocycles. The minimum atomic E-state index is -1.37. The van der Waals surface area contributed by atoms with Crippen LogP contribution in [0.25, 0.3) is 38.7 Å². The number of carbonyl (C=O) groups is 2. The Balaban J connectivity index is 1.79. The van der Waals surface area contributed by atoms with Crippen LogP contribution < -0.4 is 10.9 Å². The highest BCUT2D eigenvalue weighted by atomic mass is 19.1. The molecule has 0 saturated heterocycles. The zero-order chi connectivity index (χ0) is 24.3. The first-order valence-corrected chi connectivity index (χ1v) is 10.5. The van der Waals surface area contributed by atoms with E-state index in [0.29, 0.717) is 27.4 Å². The first kappa shape index (κ1) is 20.6. The van der Waals surface area contributed by atoms with E-state index in [1.165, 1.54) is 35.4 Å². The molecule has 0 saturated carbocycles. The number of carboxylic acids is 1. The van der Waals surface area contributed by atoms with Gasteiger partial charge in [-0.2, -0.15) is 0 Å². The van der Waals surface area contributed by atoms with Gasteiger partial charge in [-0.15, -0.1) is 0 Å². The Labute approximate surface area is 195 Å². The first-order chi connectivity index (χ1) is 16.9. The highest BCUT2D eigenvalue weighted by Crippen LogP contribution is 2.41. The smallest absolute Gasteiger partial charge is 0.353 e. The van der Waals surface area contributed by atoms with Gasteiger partial charge < -0.3 is 19.8 Å². The molecule has 35 heavy (non-hydrogen) atoms. The molecule has 1 amide bonds. The van der Waals surface area contributed by atoms with E-state index in [4.69, 9.17) is 4.42 Å². The van der Waals surface area contributed by atoms with Gasteiger partial charge in [-0.25, -0.2) is 9.18 Å². The monoisotopic (exact) mass is 470 g/mol. The fourth-order valence-electron chi connectivity index (χ4n) is 4.52. The number of nitrogens with zero attached hydrogens (tertiary/aromatic N) is 2. The predicted octanol–water partition coefficient (Wildman–Crippen LogP) is 3.94. The van der Waals surface area contributed by atoms with Crippen LogP contribution in [0.3, 0.4) is 0 Å². The summed E-state index contributed by atoms with van der Waals surface area (Å²) in [6.07, 6.45) is 4.33. The summed E-state index contributed by atoms with van der Waals surface area (Å²) in [4.78, 5) is 43.9. The molecule has 0 spiro atoms. The number of benzodiazepines with no additional fused rings is 1. The summed E-state index contributed by atoms with van der Waals surface area (Å²) in [5, 5.41) is 14.0. The van der Waals surface area contributed by atoms with Crippen LogP contribution in [0.15, 0.2) is 69.1 Å². The van der Waals surface area contributed by atoms with Crippen LogP contribution in [0.1, 0.15) is 16.1 Å². The predicted molar refractivity (Wildman–Crippen MR) is 127 cm³/mol. The van der Waals surface area contributed by atoms with E-state index in [1.54, 1.807) is 24.3 Å². The normalized spacial score (nSPS) is 13.1. The van der Waals surface area contributed by atoms with Crippen LogP contribution in [-0.4, -0.2) is 39.3 Å². The Hall–Kier alpha value is -4.99. The van der Waals surface area contributed by atoms with E-state index < -0.39 is 23.3 Å².